The lowest BCUT2D eigenvalue weighted by molar-refractivity contribution is -0.136. The normalized spacial score (nSPS) is 12.2. The molecule has 0 aromatic rings. The fraction of sp³-hybridized carbons (Fsp3) is 0.273. The molecule has 0 rings (SSSR count). The number of hydrogen-bond donors (Lipinski definition) is 1. The lowest BCUT2D eigenvalue weighted by Crippen LogP contribution is -2.03. The fourth-order valence-corrected chi connectivity index (χ4v) is 0.833. The van der Waals surface area contributed by atoms with Gasteiger partial charge in [0.2, 0.25) is 0 Å². The summed E-state index contributed by atoms with van der Waals surface area (Å²) in [5.41, 5.74) is 0.826. The molecule has 0 aliphatic heterocycles. The molecule has 0 aliphatic carbocycles. The van der Waals surface area contributed by atoms with E-state index in [0.29, 0.717) is 11.1 Å². The van der Waals surface area contributed by atoms with Crippen molar-refractivity contribution in [3.63, 3.8) is 0 Å². The highest BCUT2D eigenvalue weighted by molar-refractivity contribution is 5.93. The summed E-state index contributed by atoms with van der Waals surface area (Å²) in [6.07, 6.45) is 2.72. The van der Waals surface area contributed by atoms with Crippen LogP contribution in [0.3, 0.4) is 0 Å². The van der Waals surface area contributed by atoms with Crippen LogP contribution in [-0.4, -0.2) is 24.2 Å². The van der Waals surface area contributed by atoms with E-state index in [0.717, 1.165) is 0 Å². The maximum Gasteiger partial charge on any atom is 0.335 e. The molecule has 0 fully saturated rings. The second-order valence-electron chi connectivity index (χ2n) is 3.01. The Labute approximate surface area is 88.6 Å². The summed E-state index contributed by atoms with van der Waals surface area (Å²) in [5.74, 6) is -1.56. The van der Waals surface area contributed by atoms with E-state index in [9.17, 15) is 9.59 Å². The van der Waals surface area contributed by atoms with E-state index < -0.39 is 11.9 Å². The molecule has 4 heteroatoms. The van der Waals surface area contributed by atoms with Crippen molar-refractivity contribution >= 4 is 11.9 Å². The molecule has 0 heterocycles. The molecule has 0 aromatic carbocycles. The van der Waals surface area contributed by atoms with Crippen molar-refractivity contribution in [1.82, 2.24) is 0 Å². The standard InChI is InChI=1S/C11H14O4/c1-7(2)9(10(12)13)6-5-8(3)11(14)15-4/h5-6H,1H2,2-4H3,(H,12,13). The third kappa shape index (κ3) is 4.26. The smallest absolute Gasteiger partial charge is 0.335 e. The van der Waals surface area contributed by atoms with Crippen LogP contribution >= 0.6 is 0 Å². The van der Waals surface area contributed by atoms with Gasteiger partial charge in [0.25, 0.3) is 0 Å². The Morgan fingerprint density at radius 3 is 2.13 bits per heavy atom. The van der Waals surface area contributed by atoms with Crippen LogP contribution in [0.25, 0.3) is 0 Å². The number of aliphatic carboxylic acids is 1. The van der Waals surface area contributed by atoms with Crippen LogP contribution in [0.2, 0.25) is 0 Å². The van der Waals surface area contributed by atoms with Crippen LogP contribution in [0.1, 0.15) is 13.8 Å². The predicted molar refractivity (Wildman–Crippen MR) is 56.3 cm³/mol. The summed E-state index contributed by atoms with van der Waals surface area (Å²) in [6.45, 7) is 6.65. The minimum absolute atomic E-state index is 0.0678. The number of ether oxygens (including phenoxy) is 1. The van der Waals surface area contributed by atoms with E-state index in [4.69, 9.17) is 5.11 Å². The molecule has 0 aromatic heterocycles. The molecule has 4 nitrogen and oxygen atoms in total. The Hall–Kier alpha value is -1.84. The predicted octanol–water partition coefficient (Wildman–Crippen LogP) is 1.69. The van der Waals surface area contributed by atoms with Crippen LogP contribution in [0.5, 0.6) is 0 Å². The molecule has 0 aliphatic rings. The van der Waals surface area contributed by atoms with Crippen LogP contribution in [0, 0.1) is 0 Å². The Morgan fingerprint density at radius 2 is 1.80 bits per heavy atom. The molecule has 0 spiro atoms. The van der Waals surface area contributed by atoms with Crippen LogP contribution in [0.4, 0.5) is 0 Å². The summed E-state index contributed by atoms with van der Waals surface area (Å²) >= 11 is 0. The maximum absolute atomic E-state index is 11.0. The number of carbonyl (C=O) groups is 2. The molecule has 0 amide bonds. The quantitative estimate of drug-likeness (QED) is 0.435. The zero-order valence-electron chi connectivity index (χ0n) is 9.03. The van der Waals surface area contributed by atoms with Gasteiger partial charge >= 0.3 is 11.9 Å². The van der Waals surface area contributed by atoms with Gasteiger partial charge in [0.15, 0.2) is 0 Å². The zero-order chi connectivity index (χ0) is 12.0. The molecule has 0 saturated carbocycles. The van der Waals surface area contributed by atoms with Crippen molar-refractivity contribution in [2.45, 2.75) is 13.8 Å². The number of hydrogen-bond acceptors (Lipinski definition) is 3. The van der Waals surface area contributed by atoms with Crippen molar-refractivity contribution in [2.75, 3.05) is 7.11 Å². The van der Waals surface area contributed by atoms with Crippen molar-refractivity contribution in [3.8, 4) is 0 Å². The number of esters is 1. The van der Waals surface area contributed by atoms with Gasteiger partial charge < -0.3 is 9.84 Å². The van der Waals surface area contributed by atoms with Gasteiger partial charge in [0, 0.05) is 5.57 Å². The van der Waals surface area contributed by atoms with E-state index in [2.05, 4.69) is 11.3 Å². The van der Waals surface area contributed by atoms with E-state index in [1.54, 1.807) is 13.8 Å². The number of rotatable bonds is 4. The molecule has 0 unspecified atom stereocenters. The van der Waals surface area contributed by atoms with Crippen LogP contribution < -0.4 is 0 Å². The second-order valence-corrected chi connectivity index (χ2v) is 3.01. The number of carboxylic acid groups (broad SMARTS) is 1. The van der Waals surface area contributed by atoms with Gasteiger partial charge in [-0.15, -0.1) is 0 Å². The number of methoxy groups -OCH3 is 1. The van der Waals surface area contributed by atoms with Gasteiger partial charge in [-0.2, -0.15) is 0 Å². The van der Waals surface area contributed by atoms with Gasteiger partial charge in [-0.1, -0.05) is 12.7 Å². The molecule has 15 heavy (non-hydrogen) atoms. The van der Waals surface area contributed by atoms with E-state index >= 15 is 0 Å². The average Bonchev–Trinajstić information content (AvgIpc) is 2.15. The van der Waals surface area contributed by atoms with Crippen LogP contribution in [0.15, 0.2) is 35.5 Å². The molecule has 0 radical (unpaired) electrons. The third-order valence-corrected chi connectivity index (χ3v) is 1.70. The second kappa shape index (κ2) is 5.80. The molecule has 1 N–H and O–H groups in total. The minimum atomic E-state index is -1.07. The summed E-state index contributed by atoms with van der Waals surface area (Å²) in [7, 11) is 1.26. The van der Waals surface area contributed by atoms with E-state index in [1.165, 1.54) is 19.3 Å². The summed E-state index contributed by atoms with van der Waals surface area (Å²) in [6, 6.07) is 0. The zero-order valence-corrected chi connectivity index (χ0v) is 9.03. The molecule has 0 atom stereocenters. The maximum atomic E-state index is 11.0. The first-order valence-corrected chi connectivity index (χ1v) is 4.26. The topological polar surface area (TPSA) is 63.6 Å². The SMILES string of the molecule is C=C(C)C(=CC=C(C)C(=O)OC)C(=O)O. The van der Waals surface area contributed by atoms with Gasteiger partial charge in [-0.3, -0.25) is 0 Å². The van der Waals surface area contributed by atoms with Crippen LogP contribution in [-0.2, 0) is 14.3 Å². The minimum Gasteiger partial charge on any atom is -0.478 e. The number of allylic oxidation sites excluding steroid dienone is 2. The average molecular weight is 210 g/mol. The van der Waals surface area contributed by atoms with Crippen molar-refractivity contribution < 1.29 is 19.4 Å². The summed E-state index contributed by atoms with van der Waals surface area (Å²) in [4.78, 5) is 21.7. The highest BCUT2D eigenvalue weighted by Crippen LogP contribution is 2.08. The first kappa shape index (κ1) is 13.2. The van der Waals surface area contributed by atoms with Gasteiger partial charge in [-0.05, 0) is 25.5 Å². The van der Waals surface area contributed by atoms with Gasteiger partial charge in [0.1, 0.15) is 0 Å². The molecule has 0 bridgehead atoms. The van der Waals surface area contributed by atoms with Crippen molar-refractivity contribution in [3.05, 3.63) is 35.5 Å². The Balaban J connectivity index is 4.95. The lowest BCUT2D eigenvalue weighted by atomic mass is 10.1. The highest BCUT2D eigenvalue weighted by atomic mass is 16.5. The van der Waals surface area contributed by atoms with Gasteiger partial charge in [0.05, 0.1) is 12.7 Å². The number of carbonyl (C=O) groups excluding carboxylic acids is 1. The van der Waals surface area contributed by atoms with Crippen molar-refractivity contribution in [1.29, 1.82) is 0 Å². The van der Waals surface area contributed by atoms with E-state index in [1.807, 2.05) is 0 Å². The Morgan fingerprint density at radius 1 is 1.27 bits per heavy atom. The Kier molecular flexibility index (Phi) is 5.09. The molecular weight excluding hydrogens is 196 g/mol. The summed E-state index contributed by atoms with van der Waals surface area (Å²) < 4.78 is 4.46. The van der Waals surface area contributed by atoms with Crippen molar-refractivity contribution in [2.24, 2.45) is 0 Å². The number of carboxylic acids is 1. The first-order valence-electron chi connectivity index (χ1n) is 4.26. The van der Waals surface area contributed by atoms with Gasteiger partial charge in [-0.25, -0.2) is 9.59 Å². The highest BCUT2D eigenvalue weighted by Gasteiger charge is 2.07. The summed E-state index contributed by atoms with van der Waals surface area (Å²) in [5, 5.41) is 8.78. The largest absolute Gasteiger partial charge is 0.478 e. The monoisotopic (exact) mass is 210 g/mol. The fourth-order valence-electron chi connectivity index (χ4n) is 0.833. The Bertz CT molecular complexity index is 332. The lowest BCUT2D eigenvalue weighted by Gasteiger charge is -1.99. The third-order valence-electron chi connectivity index (χ3n) is 1.70. The molecule has 82 valence electrons. The molecular formula is C11H14O4. The molecule has 0 saturated heterocycles. The first-order chi connectivity index (χ1) is 6.90. The van der Waals surface area contributed by atoms with E-state index in [-0.39, 0.29) is 5.57 Å².